The molecule has 1 aliphatic heterocycles. The van der Waals surface area contributed by atoms with E-state index in [1.54, 1.807) is 6.07 Å². The van der Waals surface area contributed by atoms with Crippen LogP contribution < -0.4 is 5.32 Å². The highest BCUT2D eigenvalue weighted by Crippen LogP contribution is 2.40. The molecule has 5 aromatic rings. The number of carbonyl (C=O) groups excluding carboxylic acids is 1. The van der Waals surface area contributed by atoms with Gasteiger partial charge in [0.05, 0.1) is 5.69 Å². The Balaban J connectivity index is 1.63. The quantitative estimate of drug-likeness (QED) is 0.271. The number of hydrogen-bond donors (Lipinski definition) is 1. The molecule has 36 heavy (non-hydrogen) atoms. The summed E-state index contributed by atoms with van der Waals surface area (Å²) in [7, 11) is 0. The first kappa shape index (κ1) is 22.7. The first-order chi connectivity index (χ1) is 17.5. The average molecular weight is 494 g/mol. The summed E-state index contributed by atoms with van der Waals surface area (Å²) in [4.78, 5) is 14.0. The number of aromatic nitrogens is 2. The Hall–Kier alpha value is -3.76. The highest BCUT2D eigenvalue weighted by molar-refractivity contribution is 6.31. The molecule has 6 rings (SSSR count). The summed E-state index contributed by atoms with van der Waals surface area (Å²) in [6, 6.07) is 24.3. The van der Waals surface area contributed by atoms with Crippen molar-refractivity contribution in [2.75, 3.05) is 5.32 Å². The van der Waals surface area contributed by atoms with E-state index in [9.17, 15) is 4.79 Å². The first-order valence-corrected chi connectivity index (χ1v) is 12.9. The molecule has 1 aliphatic rings. The number of carbonyl (C=O) groups is 1. The SMILES string of the molecule is Cc1ccc(-c2c3c4n(c(-c5ccccc5)cn4c2C(=O)Nc2cccc(Cl)c2)CCCC3)cc1C. The number of anilines is 1. The van der Waals surface area contributed by atoms with Crippen LogP contribution in [0.1, 0.15) is 40.0 Å². The van der Waals surface area contributed by atoms with E-state index < -0.39 is 0 Å². The fraction of sp³-hybridized carbons (Fsp3) is 0.194. The summed E-state index contributed by atoms with van der Waals surface area (Å²) in [5.74, 6) is -0.135. The van der Waals surface area contributed by atoms with E-state index in [2.05, 4.69) is 76.8 Å². The Morgan fingerprint density at radius 2 is 1.72 bits per heavy atom. The summed E-state index contributed by atoms with van der Waals surface area (Å²) in [5, 5.41) is 3.71. The Morgan fingerprint density at radius 3 is 2.50 bits per heavy atom. The lowest BCUT2D eigenvalue weighted by Gasteiger charge is -2.12. The molecule has 1 amide bonds. The molecule has 180 valence electrons. The monoisotopic (exact) mass is 493 g/mol. The molecule has 0 bridgehead atoms. The summed E-state index contributed by atoms with van der Waals surface area (Å²) in [6.45, 7) is 5.18. The summed E-state index contributed by atoms with van der Waals surface area (Å²) in [6.07, 6.45) is 5.27. The molecular weight excluding hydrogens is 466 g/mol. The third-order valence-corrected chi connectivity index (χ3v) is 7.53. The topological polar surface area (TPSA) is 38.4 Å². The molecule has 2 aromatic heterocycles. The van der Waals surface area contributed by atoms with Crippen molar-refractivity contribution < 1.29 is 4.79 Å². The van der Waals surface area contributed by atoms with Crippen molar-refractivity contribution in [3.05, 3.63) is 106 Å². The fourth-order valence-corrected chi connectivity index (χ4v) is 5.60. The lowest BCUT2D eigenvalue weighted by atomic mass is 9.95. The van der Waals surface area contributed by atoms with Crippen LogP contribution >= 0.6 is 11.6 Å². The number of amides is 1. The molecule has 4 nitrogen and oxygen atoms in total. The summed E-state index contributed by atoms with van der Waals surface area (Å²) >= 11 is 6.21. The van der Waals surface area contributed by atoms with E-state index in [0.29, 0.717) is 16.4 Å². The van der Waals surface area contributed by atoms with Crippen molar-refractivity contribution >= 4 is 28.8 Å². The van der Waals surface area contributed by atoms with Gasteiger partial charge in [0.25, 0.3) is 5.91 Å². The number of nitrogens with zero attached hydrogens (tertiary/aromatic N) is 2. The molecule has 0 spiro atoms. The molecule has 0 saturated carbocycles. The molecule has 0 saturated heterocycles. The van der Waals surface area contributed by atoms with Gasteiger partial charge in [-0.2, -0.15) is 0 Å². The third-order valence-electron chi connectivity index (χ3n) is 7.30. The van der Waals surface area contributed by atoms with Crippen LogP contribution in [0.4, 0.5) is 5.69 Å². The number of nitrogens with one attached hydrogen (secondary N) is 1. The minimum absolute atomic E-state index is 0.135. The minimum Gasteiger partial charge on any atom is -0.325 e. The van der Waals surface area contributed by atoms with Gasteiger partial charge in [0, 0.05) is 34.6 Å². The van der Waals surface area contributed by atoms with Crippen molar-refractivity contribution in [2.24, 2.45) is 0 Å². The number of benzene rings is 3. The van der Waals surface area contributed by atoms with E-state index in [0.717, 1.165) is 53.8 Å². The minimum atomic E-state index is -0.135. The van der Waals surface area contributed by atoms with Crippen molar-refractivity contribution in [1.29, 1.82) is 0 Å². The molecule has 1 N–H and O–H groups in total. The summed E-state index contributed by atoms with van der Waals surface area (Å²) < 4.78 is 4.52. The lowest BCUT2D eigenvalue weighted by Crippen LogP contribution is -2.15. The number of hydrogen-bond acceptors (Lipinski definition) is 1. The van der Waals surface area contributed by atoms with E-state index in [4.69, 9.17) is 11.6 Å². The molecule has 0 aliphatic carbocycles. The van der Waals surface area contributed by atoms with Gasteiger partial charge in [-0.15, -0.1) is 0 Å². The normalized spacial score (nSPS) is 13.1. The average Bonchev–Trinajstić information content (AvgIpc) is 3.29. The largest absolute Gasteiger partial charge is 0.325 e. The highest BCUT2D eigenvalue weighted by atomic mass is 35.5. The molecule has 5 heteroatoms. The van der Waals surface area contributed by atoms with Crippen molar-refractivity contribution in [3.8, 4) is 22.4 Å². The second-order valence-corrected chi connectivity index (χ2v) is 10.1. The smallest absolute Gasteiger partial charge is 0.273 e. The Bertz CT molecular complexity index is 1610. The van der Waals surface area contributed by atoms with Crippen LogP contribution in [0.2, 0.25) is 5.02 Å². The Kier molecular flexibility index (Phi) is 5.69. The standard InChI is InChI=1S/C31H28ClN3O/c1-20-14-15-23(17-21(20)2)28-26-13-6-7-16-34-27(22-9-4-3-5-10-22)19-35(31(26)34)29(28)30(36)33-25-12-8-11-24(32)18-25/h3-5,8-12,14-15,17-19H,6-7,13,16H2,1-2H3,(H,33,36). The van der Waals surface area contributed by atoms with E-state index in [1.165, 1.54) is 16.7 Å². The number of imidazole rings is 1. The van der Waals surface area contributed by atoms with Gasteiger partial charge in [-0.3, -0.25) is 9.20 Å². The van der Waals surface area contributed by atoms with Crippen molar-refractivity contribution in [1.82, 2.24) is 8.97 Å². The van der Waals surface area contributed by atoms with E-state index >= 15 is 0 Å². The van der Waals surface area contributed by atoms with Crippen LogP contribution in [0, 0.1) is 13.8 Å². The van der Waals surface area contributed by atoms with E-state index in [1.807, 2.05) is 24.3 Å². The number of halogens is 1. The maximum Gasteiger partial charge on any atom is 0.273 e. The maximum absolute atomic E-state index is 14.0. The second-order valence-electron chi connectivity index (χ2n) is 9.65. The second kappa shape index (κ2) is 9.03. The van der Waals surface area contributed by atoms with Gasteiger partial charge < -0.3 is 9.88 Å². The zero-order valence-electron chi connectivity index (χ0n) is 20.5. The third kappa shape index (κ3) is 3.82. The zero-order chi connectivity index (χ0) is 24.8. The van der Waals surface area contributed by atoms with Gasteiger partial charge >= 0.3 is 0 Å². The molecule has 0 atom stereocenters. The van der Waals surface area contributed by atoms with Crippen molar-refractivity contribution in [2.45, 2.75) is 39.7 Å². The molecule has 0 radical (unpaired) electrons. The van der Waals surface area contributed by atoms with Crippen LogP contribution in [0.5, 0.6) is 0 Å². The van der Waals surface area contributed by atoms with Gasteiger partial charge in [0.2, 0.25) is 0 Å². The van der Waals surface area contributed by atoms with Crippen LogP contribution in [-0.2, 0) is 13.0 Å². The van der Waals surface area contributed by atoms with Crippen molar-refractivity contribution in [3.63, 3.8) is 0 Å². The predicted molar refractivity (Wildman–Crippen MR) is 148 cm³/mol. The lowest BCUT2D eigenvalue weighted by molar-refractivity contribution is 0.102. The number of aryl methyl sites for hydroxylation is 4. The number of rotatable bonds is 4. The zero-order valence-corrected chi connectivity index (χ0v) is 21.3. The highest BCUT2D eigenvalue weighted by Gasteiger charge is 2.29. The molecule has 3 aromatic carbocycles. The van der Waals surface area contributed by atoms with Gasteiger partial charge in [0.1, 0.15) is 11.3 Å². The van der Waals surface area contributed by atoms with Gasteiger partial charge in [-0.1, -0.05) is 66.2 Å². The molecule has 3 heterocycles. The van der Waals surface area contributed by atoms with Gasteiger partial charge in [0.15, 0.2) is 0 Å². The molecule has 0 unspecified atom stereocenters. The van der Waals surface area contributed by atoms with Gasteiger partial charge in [-0.05, 0) is 73.6 Å². The van der Waals surface area contributed by atoms with Gasteiger partial charge in [-0.25, -0.2) is 0 Å². The fourth-order valence-electron chi connectivity index (χ4n) is 5.41. The first-order valence-electron chi connectivity index (χ1n) is 12.5. The Morgan fingerprint density at radius 1 is 0.889 bits per heavy atom. The van der Waals surface area contributed by atoms with Crippen LogP contribution in [0.25, 0.3) is 28.0 Å². The summed E-state index contributed by atoms with van der Waals surface area (Å²) in [5.41, 5.74) is 10.6. The van der Waals surface area contributed by atoms with E-state index in [-0.39, 0.29) is 5.91 Å². The molecular formula is C31H28ClN3O. The van der Waals surface area contributed by atoms with Crippen LogP contribution in [0.15, 0.2) is 79.0 Å². The predicted octanol–water partition coefficient (Wildman–Crippen LogP) is 7.93. The Labute approximate surface area is 216 Å². The molecule has 0 fully saturated rings. The maximum atomic E-state index is 14.0. The van der Waals surface area contributed by atoms with Crippen LogP contribution in [-0.4, -0.2) is 14.9 Å². The van der Waals surface area contributed by atoms with Crippen LogP contribution in [0.3, 0.4) is 0 Å².